The molecule has 1 fully saturated rings. The molecule has 0 spiro atoms. The molecule has 0 atom stereocenters. The topological polar surface area (TPSA) is 51.6 Å². The quantitative estimate of drug-likeness (QED) is 0.755. The summed E-state index contributed by atoms with van der Waals surface area (Å²) in [7, 11) is 0. The van der Waals surface area contributed by atoms with Crippen LogP contribution in [0.3, 0.4) is 0 Å². The average Bonchev–Trinajstić information content (AvgIpc) is 2.93. The van der Waals surface area contributed by atoms with Crippen molar-refractivity contribution in [1.82, 2.24) is 19.6 Å². The molecule has 0 N–H and O–H groups in total. The van der Waals surface area contributed by atoms with Crippen LogP contribution in [-0.2, 0) is 0 Å². The van der Waals surface area contributed by atoms with E-state index >= 15 is 0 Å². The Labute approximate surface area is 95.5 Å². The van der Waals surface area contributed by atoms with Crippen molar-refractivity contribution in [1.29, 1.82) is 0 Å². The van der Waals surface area contributed by atoms with Crippen molar-refractivity contribution in [3.63, 3.8) is 0 Å². The summed E-state index contributed by atoms with van der Waals surface area (Å²) in [6, 6.07) is 1.84. The van der Waals surface area contributed by atoms with Gasteiger partial charge in [-0.3, -0.25) is 0 Å². The fourth-order valence-electron chi connectivity index (χ4n) is 1.40. The molecule has 0 aliphatic heterocycles. The molecule has 0 radical (unpaired) electrons. The van der Waals surface area contributed by atoms with Crippen LogP contribution < -0.4 is 0 Å². The zero-order valence-corrected chi connectivity index (χ0v) is 9.29. The summed E-state index contributed by atoms with van der Waals surface area (Å²) in [4.78, 5) is 8.59. The van der Waals surface area contributed by atoms with Crippen LogP contribution in [0.2, 0.25) is 5.15 Å². The molecule has 0 amide bonds. The summed E-state index contributed by atoms with van der Waals surface area (Å²) in [5, 5.41) is 6.24. The van der Waals surface area contributed by atoms with Gasteiger partial charge in [-0.25, -0.2) is 9.97 Å². The normalized spacial score (nSPS) is 15.5. The van der Waals surface area contributed by atoms with Crippen molar-refractivity contribution in [2.75, 3.05) is 0 Å². The Balaban J connectivity index is 2.07. The van der Waals surface area contributed by atoms with Crippen LogP contribution in [-0.4, -0.2) is 19.6 Å². The van der Waals surface area contributed by atoms with Crippen LogP contribution in [0.5, 0.6) is 0 Å². The van der Waals surface area contributed by atoms with Gasteiger partial charge in [-0.05, 0) is 30.4 Å². The number of rotatable bonds is 2. The molecule has 76 valence electrons. The third kappa shape index (κ3) is 1.85. The van der Waals surface area contributed by atoms with E-state index in [4.69, 9.17) is 11.6 Å². The first-order valence-electron chi connectivity index (χ1n) is 4.65. The van der Waals surface area contributed by atoms with Crippen LogP contribution >= 0.6 is 23.1 Å². The molecular weight excluding hydrogens is 232 g/mol. The van der Waals surface area contributed by atoms with Gasteiger partial charge in [0.15, 0.2) is 5.82 Å². The van der Waals surface area contributed by atoms with Crippen LogP contribution in [0.4, 0.5) is 0 Å². The summed E-state index contributed by atoms with van der Waals surface area (Å²) in [6.45, 7) is 0. The molecule has 4 nitrogen and oxygen atoms in total. The third-order valence-corrected chi connectivity index (χ3v) is 3.00. The molecule has 2 aromatic heterocycles. The largest absolute Gasteiger partial charge is 0.231 e. The van der Waals surface area contributed by atoms with Gasteiger partial charge < -0.3 is 0 Å². The van der Waals surface area contributed by atoms with Gasteiger partial charge in [0.1, 0.15) is 10.8 Å². The molecule has 3 rings (SSSR count). The lowest BCUT2D eigenvalue weighted by Crippen LogP contribution is -1.95. The van der Waals surface area contributed by atoms with E-state index in [9.17, 15) is 0 Å². The van der Waals surface area contributed by atoms with Crippen LogP contribution in [0, 0.1) is 0 Å². The van der Waals surface area contributed by atoms with Crippen LogP contribution in [0.25, 0.3) is 11.5 Å². The molecule has 6 heteroatoms. The lowest BCUT2D eigenvalue weighted by molar-refractivity contribution is 0.983. The maximum absolute atomic E-state index is 5.94. The van der Waals surface area contributed by atoms with E-state index in [1.54, 1.807) is 0 Å². The van der Waals surface area contributed by atoms with E-state index in [-0.39, 0.29) is 0 Å². The highest BCUT2D eigenvalue weighted by Gasteiger charge is 2.26. The molecule has 1 aliphatic carbocycles. The van der Waals surface area contributed by atoms with Gasteiger partial charge in [-0.2, -0.15) is 0 Å². The summed E-state index contributed by atoms with van der Waals surface area (Å²) in [6.07, 6.45) is 2.39. The Bertz CT molecular complexity index is 481. The second-order valence-corrected chi connectivity index (χ2v) is 4.50. The van der Waals surface area contributed by atoms with E-state index in [2.05, 4.69) is 19.6 Å². The zero-order valence-electron chi connectivity index (χ0n) is 7.72. The maximum Gasteiger partial charge on any atom is 0.182 e. The highest BCUT2D eigenvalue weighted by Crippen LogP contribution is 2.39. The summed E-state index contributed by atoms with van der Waals surface area (Å²) in [5.74, 6) is 1.15. The summed E-state index contributed by atoms with van der Waals surface area (Å²) in [5.41, 5.74) is 1.72. The average molecular weight is 239 g/mol. The van der Waals surface area contributed by atoms with Gasteiger partial charge in [-0.1, -0.05) is 16.1 Å². The lowest BCUT2D eigenvalue weighted by Gasteiger charge is -2.00. The van der Waals surface area contributed by atoms with E-state index < -0.39 is 0 Å². The van der Waals surface area contributed by atoms with Crippen LogP contribution in [0.15, 0.2) is 11.4 Å². The number of halogens is 1. The first-order chi connectivity index (χ1) is 7.33. The van der Waals surface area contributed by atoms with Crippen LogP contribution in [0.1, 0.15) is 24.5 Å². The van der Waals surface area contributed by atoms with Gasteiger partial charge in [0.05, 0.1) is 0 Å². The fourth-order valence-corrected chi connectivity index (χ4v) is 2.03. The van der Waals surface area contributed by atoms with Crippen molar-refractivity contribution in [3.8, 4) is 11.5 Å². The second kappa shape index (κ2) is 3.50. The van der Waals surface area contributed by atoms with Crippen molar-refractivity contribution in [2.45, 2.75) is 18.8 Å². The molecule has 1 saturated carbocycles. The number of nitrogens with zero attached hydrogens (tertiary/aromatic N) is 4. The highest BCUT2D eigenvalue weighted by molar-refractivity contribution is 7.03. The molecule has 0 aromatic carbocycles. The SMILES string of the molecule is Clc1cc(C2CC2)nc(-c2csnn2)n1. The predicted octanol–water partition coefficient (Wildman–Crippen LogP) is 2.53. The van der Waals surface area contributed by atoms with Gasteiger partial charge in [0, 0.05) is 17.0 Å². The van der Waals surface area contributed by atoms with Gasteiger partial charge >= 0.3 is 0 Å². The number of aromatic nitrogens is 4. The molecule has 2 aromatic rings. The minimum atomic E-state index is 0.481. The van der Waals surface area contributed by atoms with E-state index in [0.717, 1.165) is 5.69 Å². The van der Waals surface area contributed by atoms with E-state index in [0.29, 0.717) is 22.6 Å². The Morgan fingerprint density at radius 1 is 1.33 bits per heavy atom. The Morgan fingerprint density at radius 3 is 2.87 bits per heavy atom. The zero-order chi connectivity index (χ0) is 10.3. The Kier molecular flexibility index (Phi) is 2.14. The summed E-state index contributed by atoms with van der Waals surface area (Å²) < 4.78 is 3.79. The van der Waals surface area contributed by atoms with Crippen molar-refractivity contribution >= 4 is 23.1 Å². The molecule has 0 unspecified atom stereocenters. The molecular formula is C9H7ClN4S. The van der Waals surface area contributed by atoms with E-state index in [1.165, 1.54) is 24.4 Å². The number of hydrogen-bond donors (Lipinski definition) is 0. The first kappa shape index (κ1) is 9.18. The first-order valence-corrected chi connectivity index (χ1v) is 5.86. The Hall–Kier alpha value is -1.07. The minimum absolute atomic E-state index is 0.481. The van der Waals surface area contributed by atoms with Crippen molar-refractivity contribution in [3.05, 3.63) is 22.3 Å². The van der Waals surface area contributed by atoms with Crippen molar-refractivity contribution < 1.29 is 0 Å². The predicted molar refractivity (Wildman–Crippen MR) is 57.9 cm³/mol. The fraction of sp³-hybridized carbons (Fsp3) is 0.333. The van der Waals surface area contributed by atoms with Gasteiger partial charge in [-0.15, -0.1) is 5.10 Å². The Morgan fingerprint density at radius 2 is 2.20 bits per heavy atom. The molecule has 1 aliphatic rings. The summed E-state index contributed by atoms with van der Waals surface area (Å²) >= 11 is 7.23. The smallest absolute Gasteiger partial charge is 0.182 e. The van der Waals surface area contributed by atoms with E-state index in [1.807, 2.05) is 11.4 Å². The molecule has 15 heavy (non-hydrogen) atoms. The van der Waals surface area contributed by atoms with Gasteiger partial charge in [0.2, 0.25) is 0 Å². The maximum atomic E-state index is 5.94. The molecule has 2 heterocycles. The monoisotopic (exact) mass is 238 g/mol. The highest BCUT2D eigenvalue weighted by atomic mass is 35.5. The lowest BCUT2D eigenvalue weighted by atomic mass is 10.3. The molecule has 0 bridgehead atoms. The number of hydrogen-bond acceptors (Lipinski definition) is 5. The standard InChI is InChI=1S/C9H7ClN4S/c10-8-3-6(5-1-2-5)11-9(12-8)7-4-15-14-13-7/h3-5H,1-2H2. The third-order valence-electron chi connectivity index (χ3n) is 2.30. The van der Waals surface area contributed by atoms with Crippen molar-refractivity contribution in [2.24, 2.45) is 0 Å². The van der Waals surface area contributed by atoms with Gasteiger partial charge in [0.25, 0.3) is 0 Å². The minimum Gasteiger partial charge on any atom is -0.231 e. The molecule has 0 saturated heterocycles. The second-order valence-electron chi connectivity index (χ2n) is 3.50.